The lowest BCUT2D eigenvalue weighted by Crippen LogP contribution is -2.27. The van der Waals surface area contributed by atoms with Gasteiger partial charge in [0.2, 0.25) is 5.91 Å². The molecule has 0 heterocycles. The van der Waals surface area contributed by atoms with Crippen LogP contribution in [0.2, 0.25) is 0 Å². The standard InChI is InChI=1S/C12H17BrN2OS/c1-2-10(14)12(17-7-11(15)16)8-5-3-4-6-9(8)13/h3-6,10,12H,2,7,14H2,1H3,(H2,15,16). The highest BCUT2D eigenvalue weighted by Gasteiger charge is 2.21. The molecule has 4 N–H and O–H groups in total. The van der Waals surface area contributed by atoms with E-state index in [9.17, 15) is 4.79 Å². The second kappa shape index (κ2) is 7.03. The molecule has 3 nitrogen and oxygen atoms in total. The molecule has 1 aromatic rings. The van der Waals surface area contributed by atoms with Crippen molar-refractivity contribution in [3.05, 3.63) is 34.3 Å². The second-order valence-electron chi connectivity index (χ2n) is 3.79. The minimum absolute atomic E-state index is 0.0121. The molecule has 0 aliphatic heterocycles. The summed E-state index contributed by atoms with van der Waals surface area (Å²) >= 11 is 5.02. The van der Waals surface area contributed by atoms with Gasteiger partial charge in [-0.05, 0) is 18.1 Å². The van der Waals surface area contributed by atoms with Gasteiger partial charge in [-0.1, -0.05) is 41.1 Å². The molecule has 0 aliphatic carbocycles. The van der Waals surface area contributed by atoms with Gasteiger partial charge in [0.1, 0.15) is 0 Å². The van der Waals surface area contributed by atoms with Crippen LogP contribution in [0, 0.1) is 0 Å². The van der Waals surface area contributed by atoms with Crippen LogP contribution in [-0.2, 0) is 4.79 Å². The molecule has 0 saturated carbocycles. The fourth-order valence-corrected chi connectivity index (χ4v) is 3.39. The normalized spacial score (nSPS) is 14.3. The van der Waals surface area contributed by atoms with E-state index in [0.717, 1.165) is 16.5 Å². The Morgan fingerprint density at radius 3 is 2.65 bits per heavy atom. The summed E-state index contributed by atoms with van der Waals surface area (Å²) in [4.78, 5) is 10.9. The Kier molecular flexibility index (Phi) is 6.02. The van der Waals surface area contributed by atoms with E-state index >= 15 is 0 Å². The zero-order valence-corrected chi connectivity index (χ0v) is 12.1. The maximum atomic E-state index is 10.9. The number of amides is 1. The van der Waals surface area contributed by atoms with Gasteiger partial charge < -0.3 is 11.5 Å². The summed E-state index contributed by atoms with van der Waals surface area (Å²) in [5.74, 6) is -0.0185. The van der Waals surface area contributed by atoms with Gasteiger partial charge in [0, 0.05) is 15.8 Å². The lowest BCUT2D eigenvalue weighted by atomic mass is 10.0. The maximum absolute atomic E-state index is 10.9. The number of thioether (sulfide) groups is 1. The lowest BCUT2D eigenvalue weighted by molar-refractivity contribution is -0.115. The van der Waals surface area contributed by atoms with Gasteiger partial charge in [-0.2, -0.15) is 0 Å². The Morgan fingerprint density at radius 2 is 2.12 bits per heavy atom. The van der Waals surface area contributed by atoms with Gasteiger partial charge in [0.05, 0.1) is 5.75 Å². The third kappa shape index (κ3) is 4.33. The summed E-state index contributed by atoms with van der Waals surface area (Å²) < 4.78 is 1.02. The van der Waals surface area contributed by atoms with Crippen molar-refractivity contribution in [3.63, 3.8) is 0 Å². The minimum Gasteiger partial charge on any atom is -0.369 e. The number of nitrogens with two attached hydrogens (primary N) is 2. The Balaban J connectivity index is 2.90. The Labute approximate surface area is 114 Å². The predicted octanol–water partition coefficient (Wildman–Crippen LogP) is 2.45. The highest BCUT2D eigenvalue weighted by atomic mass is 79.9. The van der Waals surface area contributed by atoms with Gasteiger partial charge >= 0.3 is 0 Å². The summed E-state index contributed by atoms with van der Waals surface area (Å²) in [6, 6.07) is 7.95. The van der Waals surface area contributed by atoms with Crippen LogP contribution in [0.25, 0.3) is 0 Å². The first-order valence-electron chi connectivity index (χ1n) is 5.46. The number of primary amides is 1. The van der Waals surface area contributed by atoms with Crippen molar-refractivity contribution in [1.29, 1.82) is 0 Å². The molecule has 2 unspecified atom stereocenters. The molecule has 1 amide bonds. The van der Waals surface area contributed by atoms with E-state index in [1.807, 2.05) is 31.2 Å². The molecular formula is C12H17BrN2OS. The average Bonchev–Trinajstić information content (AvgIpc) is 2.30. The summed E-state index contributed by atoms with van der Waals surface area (Å²) in [6.07, 6.45) is 0.859. The molecule has 0 saturated heterocycles. The van der Waals surface area contributed by atoms with E-state index in [2.05, 4.69) is 15.9 Å². The van der Waals surface area contributed by atoms with Crippen LogP contribution in [0.4, 0.5) is 0 Å². The highest BCUT2D eigenvalue weighted by Crippen LogP contribution is 2.36. The van der Waals surface area contributed by atoms with E-state index in [1.54, 1.807) is 0 Å². The van der Waals surface area contributed by atoms with Gasteiger partial charge in [-0.25, -0.2) is 0 Å². The molecular weight excluding hydrogens is 300 g/mol. The summed E-state index contributed by atoms with van der Waals surface area (Å²) in [7, 11) is 0. The number of halogens is 1. The Bertz CT molecular complexity index is 387. The van der Waals surface area contributed by atoms with Crippen molar-refractivity contribution in [2.75, 3.05) is 5.75 Å². The molecule has 0 radical (unpaired) electrons. The Hall–Kier alpha value is -0.520. The molecule has 94 valence electrons. The Morgan fingerprint density at radius 1 is 1.47 bits per heavy atom. The molecule has 0 spiro atoms. The first kappa shape index (κ1) is 14.5. The minimum atomic E-state index is -0.310. The lowest BCUT2D eigenvalue weighted by Gasteiger charge is -2.23. The third-order valence-electron chi connectivity index (χ3n) is 2.48. The largest absolute Gasteiger partial charge is 0.369 e. The molecule has 17 heavy (non-hydrogen) atoms. The van der Waals surface area contributed by atoms with Crippen LogP contribution in [-0.4, -0.2) is 17.7 Å². The topological polar surface area (TPSA) is 69.1 Å². The fraction of sp³-hybridized carbons (Fsp3) is 0.417. The van der Waals surface area contributed by atoms with Gasteiger partial charge in [0.15, 0.2) is 0 Å². The van der Waals surface area contributed by atoms with Crippen molar-refractivity contribution in [3.8, 4) is 0 Å². The van der Waals surface area contributed by atoms with E-state index < -0.39 is 0 Å². The predicted molar refractivity (Wildman–Crippen MR) is 76.8 cm³/mol. The zero-order chi connectivity index (χ0) is 12.8. The van der Waals surface area contributed by atoms with Crippen LogP contribution in [0.1, 0.15) is 24.2 Å². The number of hydrogen-bond donors (Lipinski definition) is 2. The molecule has 0 aliphatic rings. The maximum Gasteiger partial charge on any atom is 0.227 e. The molecule has 0 fully saturated rings. The molecule has 5 heteroatoms. The summed E-state index contributed by atoms with van der Waals surface area (Å²) in [5.41, 5.74) is 12.4. The first-order chi connectivity index (χ1) is 8.06. The summed E-state index contributed by atoms with van der Waals surface area (Å²) in [6.45, 7) is 2.04. The SMILES string of the molecule is CCC(N)C(SCC(N)=O)c1ccccc1Br. The number of hydrogen-bond acceptors (Lipinski definition) is 3. The molecule has 0 aromatic heterocycles. The van der Waals surface area contributed by atoms with Crippen molar-refractivity contribution in [1.82, 2.24) is 0 Å². The molecule has 0 bridgehead atoms. The average molecular weight is 317 g/mol. The van der Waals surface area contributed by atoms with Crippen LogP contribution < -0.4 is 11.5 Å². The smallest absolute Gasteiger partial charge is 0.227 e. The quantitative estimate of drug-likeness (QED) is 0.847. The third-order valence-corrected chi connectivity index (χ3v) is 4.61. The van der Waals surface area contributed by atoms with Crippen LogP contribution in [0.15, 0.2) is 28.7 Å². The highest BCUT2D eigenvalue weighted by molar-refractivity contribution is 9.10. The first-order valence-corrected chi connectivity index (χ1v) is 7.30. The van der Waals surface area contributed by atoms with E-state index in [-0.39, 0.29) is 17.2 Å². The molecule has 1 rings (SSSR count). The van der Waals surface area contributed by atoms with Crippen molar-refractivity contribution in [2.45, 2.75) is 24.6 Å². The van der Waals surface area contributed by atoms with E-state index in [0.29, 0.717) is 5.75 Å². The number of carbonyl (C=O) groups is 1. The summed E-state index contributed by atoms with van der Waals surface area (Å²) in [5, 5.41) is 0.0862. The number of benzene rings is 1. The van der Waals surface area contributed by atoms with Crippen LogP contribution in [0.3, 0.4) is 0 Å². The van der Waals surface area contributed by atoms with Gasteiger partial charge in [0.25, 0.3) is 0 Å². The van der Waals surface area contributed by atoms with Crippen LogP contribution >= 0.6 is 27.7 Å². The van der Waals surface area contributed by atoms with Gasteiger partial charge in [-0.3, -0.25) is 4.79 Å². The number of carbonyl (C=O) groups excluding carboxylic acids is 1. The van der Waals surface area contributed by atoms with Crippen molar-refractivity contribution >= 4 is 33.6 Å². The van der Waals surface area contributed by atoms with Crippen LogP contribution in [0.5, 0.6) is 0 Å². The van der Waals surface area contributed by atoms with Crippen molar-refractivity contribution in [2.24, 2.45) is 11.5 Å². The monoisotopic (exact) mass is 316 g/mol. The van der Waals surface area contributed by atoms with E-state index in [4.69, 9.17) is 11.5 Å². The fourth-order valence-electron chi connectivity index (χ4n) is 1.54. The second-order valence-corrected chi connectivity index (χ2v) is 5.78. The van der Waals surface area contributed by atoms with Crippen molar-refractivity contribution < 1.29 is 4.79 Å². The van der Waals surface area contributed by atoms with E-state index in [1.165, 1.54) is 11.8 Å². The number of rotatable bonds is 6. The zero-order valence-electron chi connectivity index (χ0n) is 9.73. The molecule has 2 atom stereocenters. The van der Waals surface area contributed by atoms with Gasteiger partial charge in [-0.15, -0.1) is 11.8 Å². The molecule has 1 aromatic carbocycles.